The van der Waals surface area contributed by atoms with Gasteiger partial charge in [-0.05, 0) is 68.4 Å². The number of hydrazine groups is 1. The van der Waals surface area contributed by atoms with Gasteiger partial charge in [-0.3, -0.25) is 19.8 Å². The molecule has 1 aliphatic heterocycles. The Morgan fingerprint density at radius 3 is 2.12 bits per heavy atom. The molecule has 0 bridgehead atoms. The normalized spacial score (nSPS) is 15.7. The summed E-state index contributed by atoms with van der Waals surface area (Å²) in [5.74, 6) is -1.05. The molecular formula is C34H46N4O5. The smallest absolute Gasteiger partial charge is 0.429 e. The fourth-order valence-electron chi connectivity index (χ4n) is 4.66. The zero-order chi connectivity index (χ0) is 31.9. The molecule has 0 saturated heterocycles. The van der Waals surface area contributed by atoms with Crippen LogP contribution in [0, 0.1) is 5.92 Å². The Kier molecular flexibility index (Phi) is 10.8. The Morgan fingerprint density at radius 1 is 0.930 bits per heavy atom. The molecule has 0 radical (unpaired) electrons. The number of rotatable bonds is 8. The Labute approximate surface area is 255 Å². The van der Waals surface area contributed by atoms with Gasteiger partial charge in [-0.1, -0.05) is 77.1 Å². The molecule has 9 nitrogen and oxygen atoms in total. The second-order valence-electron chi connectivity index (χ2n) is 13.4. The van der Waals surface area contributed by atoms with Crippen molar-refractivity contribution < 1.29 is 23.9 Å². The average Bonchev–Trinajstić information content (AvgIpc) is 3.38. The highest BCUT2D eigenvalue weighted by Crippen LogP contribution is 2.22. The van der Waals surface area contributed by atoms with Gasteiger partial charge in [0.25, 0.3) is 17.7 Å². The molecule has 43 heavy (non-hydrogen) atoms. The predicted molar refractivity (Wildman–Crippen MR) is 167 cm³/mol. The van der Waals surface area contributed by atoms with Crippen LogP contribution in [0.2, 0.25) is 0 Å². The lowest BCUT2D eigenvalue weighted by atomic mass is 9.86. The lowest BCUT2D eigenvalue weighted by Gasteiger charge is -2.33. The highest BCUT2D eigenvalue weighted by molar-refractivity contribution is 5.98. The number of hydrogen-bond donors (Lipinski definition) is 2. The van der Waals surface area contributed by atoms with E-state index < -0.39 is 29.7 Å². The van der Waals surface area contributed by atoms with Crippen LogP contribution >= 0.6 is 0 Å². The molecule has 0 aliphatic carbocycles. The van der Waals surface area contributed by atoms with Crippen molar-refractivity contribution in [3.63, 3.8) is 0 Å². The molecule has 2 N–H and O–H groups in total. The molecule has 0 saturated carbocycles. The maximum absolute atomic E-state index is 13.6. The van der Waals surface area contributed by atoms with Gasteiger partial charge in [0.1, 0.15) is 11.6 Å². The van der Waals surface area contributed by atoms with E-state index in [0.717, 1.165) is 10.6 Å². The van der Waals surface area contributed by atoms with Crippen molar-refractivity contribution in [3.05, 3.63) is 83.4 Å². The first-order valence-corrected chi connectivity index (χ1v) is 14.8. The molecule has 2 aromatic rings. The Balaban J connectivity index is 1.80. The maximum atomic E-state index is 13.6. The van der Waals surface area contributed by atoms with Crippen molar-refractivity contribution in [2.75, 3.05) is 13.1 Å². The summed E-state index contributed by atoms with van der Waals surface area (Å²) in [4.78, 5) is 55.0. The molecule has 1 aliphatic rings. The van der Waals surface area contributed by atoms with Crippen molar-refractivity contribution in [2.45, 2.75) is 84.9 Å². The minimum Gasteiger partial charge on any atom is -0.442 e. The summed E-state index contributed by atoms with van der Waals surface area (Å²) >= 11 is 0. The van der Waals surface area contributed by atoms with Gasteiger partial charge in [0.2, 0.25) is 0 Å². The van der Waals surface area contributed by atoms with Gasteiger partial charge in [0.05, 0.1) is 12.6 Å². The Morgan fingerprint density at radius 2 is 1.56 bits per heavy atom. The molecule has 4 amide bonds. The highest BCUT2D eigenvalue weighted by atomic mass is 16.6. The zero-order valence-electron chi connectivity index (χ0n) is 26.6. The molecule has 232 valence electrons. The Hall–Kier alpha value is -4.14. The van der Waals surface area contributed by atoms with Crippen molar-refractivity contribution in [2.24, 2.45) is 5.92 Å². The van der Waals surface area contributed by atoms with Crippen LogP contribution in [0.15, 0.2) is 66.7 Å². The topological polar surface area (TPSA) is 108 Å². The third-order valence-corrected chi connectivity index (χ3v) is 6.91. The number of carbonyl (C=O) groups is 4. The van der Waals surface area contributed by atoms with E-state index in [4.69, 9.17) is 4.74 Å². The Bertz CT molecular complexity index is 1310. The molecule has 9 heteroatoms. The van der Waals surface area contributed by atoms with Crippen LogP contribution in [0.1, 0.15) is 88.1 Å². The van der Waals surface area contributed by atoms with Crippen LogP contribution in [0.5, 0.6) is 0 Å². The second-order valence-corrected chi connectivity index (χ2v) is 13.4. The number of benzene rings is 2. The van der Waals surface area contributed by atoms with E-state index in [9.17, 15) is 19.2 Å². The van der Waals surface area contributed by atoms with Gasteiger partial charge in [-0.2, -0.15) is 0 Å². The van der Waals surface area contributed by atoms with Crippen LogP contribution < -0.4 is 10.7 Å². The summed E-state index contributed by atoms with van der Waals surface area (Å²) in [7, 11) is 0. The van der Waals surface area contributed by atoms with E-state index in [1.807, 2.05) is 44.2 Å². The molecule has 1 heterocycles. The summed E-state index contributed by atoms with van der Waals surface area (Å²) in [6, 6.07) is 14.8. The monoisotopic (exact) mass is 590 g/mol. The van der Waals surface area contributed by atoms with E-state index in [1.54, 1.807) is 62.1 Å². The van der Waals surface area contributed by atoms with E-state index in [0.29, 0.717) is 24.1 Å². The van der Waals surface area contributed by atoms with Crippen LogP contribution in [0.3, 0.4) is 0 Å². The average molecular weight is 591 g/mol. The lowest BCUT2D eigenvalue weighted by Crippen LogP contribution is -2.58. The number of carbonyl (C=O) groups excluding carboxylic acids is 4. The molecular weight excluding hydrogens is 544 g/mol. The minimum absolute atomic E-state index is 0.0354. The van der Waals surface area contributed by atoms with E-state index in [2.05, 4.69) is 31.5 Å². The maximum Gasteiger partial charge on any atom is 0.429 e. The first kappa shape index (κ1) is 33.4. The molecule has 3 rings (SSSR count). The molecule has 2 aromatic carbocycles. The van der Waals surface area contributed by atoms with Crippen molar-refractivity contribution in [3.8, 4) is 0 Å². The van der Waals surface area contributed by atoms with Gasteiger partial charge in [0.15, 0.2) is 0 Å². The summed E-state index contributed by atoms with van der Waals surface area (Å²) in [6.07, 6.45) is 3.27. The summed E-state index contributed by atoms with van der Waals surface area (Å²) in [5.41, 5.74) is 3.86. The second kappa shape index (κ2) is 13.9. The van der Waals surface area contributed by atoms with Crippen LogP contribution in [-0.2, 0) is 14.9 Å². The molecule has 0 spiro atoms. The SMILES string of the molecule is CC(C)C[C@H](NC(=O)c1ccc(C(C)(C)C)cc1)C(=O)NN(CC1C=CCN1C(=O)c1ccccc1)C(=O)OC(C)(C)C. The molecule has 0 aromatic heterocycles. The van der Waals surface area contributed by atoms with Crippen LogP contribution in [0.25, 0.3) is 0 Å². The van der Waals surface area contributed by atoms with Gasteiger partial charge >= 0.3 is 6.09 Å². The quantitative estimate of drug-likeness (QED) is 0.313. The molecule has 0 fully saturated rings. The van der Waals surface area contributed by atoms with E-state index >= 15 is 0 Å². The number of nitrogens with zero attached hydrogens (tertiary/aromatic N) is 2. The highest BCUT2D eigenvalue weighted by Gasteiger charge is 2.33. The van der Waals surface area contributed by atoms with Crippen molar-refractivity contribution in [1.82, 2.24) is 20.7 Å². The summed E-state index contributed by atoms with van der Waals surface area (Å²) in [6.45, 7) is 15.7. The lowest BCUT2D eigenvalue weighted by molar-refractivity contribution is -0.128. The van der Waals surface area contributed by atoms with Gasteiger partial charge in [-0.15, -0.1) is 0 Å². The van der Waals surface area contributed by atoms with Gasteiger partial charge in [-0.25, -0.2) is 9.80 Å². The number of hydrogen-bond acceptors (Lipinski definition) is 5. The first-order valence-electron chi connectivity index (χ1n) is 14.8. The molecule has 2 atom stereocenters. The molecule has 1 unspecified atom stereocenters. The number of ether oxygens (including phenoxy) is 1. The van der Waals surface area contributed by atoms with Crippen molar-refractivity contribution in [1.29, 1.82) is 0 Å². The minimum atomic E-state index is -0.916. The van der Waals surface area contributed by atoms with Crippen LogP contribution in [0.4, 0.5) is 4.79 Å². The number of nitrogens with one attached hydrogen (secondary N) is 2. The van der Waals surface area contributed by atoms with E-state index in [-0.39, 0.29) is 29.7 Å². The first-order chi connectivity index (χ1) is 20.0. The summed E-state index contributed by atoms with van der Waals surface area (Å²) < 4.78 is 5.60. The van der Waals surface area contributed by atoms with Crippen molar-refractivity contribution >= 4 is 23.8 Å². The standard InChI is InChI=1S/C34H46N4O5/c1-23(2)21-28(35-29(39)24-16-18-26(19-17-24)33(3,4)5)30(40)36-38(32(42)43-34(6,7)8)22-27-15-12-20-37(27)31(41)25-13-10-9-11-14-25/h9-19,23,27-28H,20-22H2,1-8H3,(H,35,39)(H,36,40)/t27?,28-/m0/s1. The van der Waals surface area contributed by atoms with Crippen LogP contribution in [-0.4, -0.2) is 64.5 Å². The predicted octanol–water partition coefficient (Wildman–Crippen LogP) is 5.48. The van der Waals surface area contributed by atoms with Gasteiger partial charge < -0.3 is 15.0 Å². The third kappa shape index (κ3) is 9.70. The third-order valence-electron chi connectivity index (χ3n) is 6.91. The van der Waals surface area contributed by atoms with E-state index in [1.165, 1.54) is 0 Å². The fourth-order valence-corrected chi connectivity index (χ4v) is 4.66. The largest absolute Gasteiger partial charge is 0.442 e. The zero-order valence-corrected chi connectivity index (χ0v) is 26.6. The summed E-state index contributed by atoms with van der Waals surface area (Å²) in [5, 5.41) is 3.94. The van der Waals surface area contributed by atoms with Gasteiger partial charge in [0, 0.05) is 17.7 Å². The fraction of sp³-hybridized carbons (Fsp3) is 0.471. The number of amides is 4.